The van der Waals surface area contributed by atoms with E-state index in [-0.39, 0.29) is 16.1 Å². The Morgan fingerprint density at radius 2 is 2.06 bits per heavy atom. The maximum Gasteiger partial charge on any atom is 0.431 e. The van der Waals surface area contributed by atoms with E-state index in [1.165, 1.54) is 0 Å². The maximum absolute atomic E-state index is 12.5. The minimum atomic E-state index is -4.45. The number of nitrogens with zero attached hydrogens (tertiary/aromatic N) is 1. The summed E-state index contributed by atoms with van der Waals surface area (Å²) in [5.74, 6) is 0.0621. The molecule has 16 heavy (non-hydrogen) atoms. The van der Waals surface area contributed by atoms with Crippen LogP contribution in [0, 0.1) is 16.0 Å². The number of hydrogen-bond donors (Lipinski definition) is 1. The highest BCUT2D eigenvalue weighted by Crippen LogP contribution is 2.43. The monoisotopic (exact) mass is 244 g/mol. The summed E-state index contributed by atoms with van der Waals surface area (Å²) in [6.45, 7) is 0. The van der Waals surface area contributed by atoms with Crippen LogP contribution in [0.3, 0.4) is 0 Å². The van der Waals surface area contributed by atoms with Crippen LogP contribution < -0.4 is 0 Å². The quantitative estimate of drug-likeness (QED) is 0.768. The van der Waals surface area contributed by atoms with Gasteiger partial charge >= 0.3 is 6.18 Å². The summed E-state index contributed by atoms with van der Waals surface area (Å²) < 4.78 is 37.4. The Bertz CT molecular complexity index is 520. The molecule has 1 aliphatic carbocycles. The smallest absolute Gasteiger partial charge is 0.341 e. The molecule has 0 amide bonds. The van der Waals surface area contributed by atoms with Crippen LogP contribution in [0.1, 0.15) is 35.6 Å². The van der Waals surface area contributed by atoms with Gasteiger partial charge in [-0.25, -0.2) is 0 Å². The van der Waals surface area contributed by atoms with E-state index in [1.54, 1.807) is 0 Å². The molecule has 0 saturated heterocycles. The third kappa shape index (κ3) is 1.95. The van der Waals surface area contributed by atoms with Gasteiger partial charge in [0.05, 0.1) is 5.56 Å². The zero-order valence-electron chi connectivity index (χ0n) is 8.06. The maximum atomic E-state index is 12.5. The Hall–Kier alpha value is -1.35. The van der Waals surface area contributed by atoms with Gasteiger partial charge in [-0.3, -0.25) is 0 Å². The lowest BCUT2D eigenvalue weighted by Crippen LogP contribution is -2.10. The summed E-state index contributed by atoms with van der Waals surface area (Å²) in [7, 11) is 0. The molecule has 0 spiro atoms. The van der Waals surface area contributed by atoms with Crippen molar-refractivity contribution < 1.29 is 13.2 Å². The molecule has 1 saturated carbocycles. The van der Waals surface area contributed by atoms with Gasteiger partial charge in [-0.1, -0.05) is 12.2 Å². The average Bonchev–Trinajstić information content (AvgIpc) is 2.98. The standard InChI is InChI=1S/C10H7F3N2S/c11-10(12,13)8-3-6(5-1-2-5)7(4-14)9(16)15-8/h3,5H,1-2H2,(H,15,16). The summed E-state index contributed by atoms with van der Waals surface area (Å²) in [6, 6.07) is 2.87. The molecule has 0 unspecified atom stereocenters. The largest absolute Gasteiger partial charge is 0.431 e. The highest BCUT2D eigenvalue weighted by molar-refractivity contribution is 7.71. The topological polar surface area (TPSA) is 39.6 Å². The van der Waals surface area contributed by atoms with E-state index >= 15 is 0 Å². The average molecular weight is 244 g/mol. The number of alkyl halides is 3. The second kappa shape index (κ2) is 3.59. The van der Waals surface area contributed by atoms with Crippen LogP contribution in [0.5, 0.6) is 0 Å². The second-order valence-corrected chi connectivity index (χ2v) is 4.13. The lowest BCUT2D eigenvalue weighted by Gasteiger charge is -2.10. The van der Waals surface area contributed by atoms with E-state index in [9.17, 15) is 13.2 Å². The van der Waals surface area contributed by atoms with Gasteiger partial charge in [0.15, 0.2) is 0 Å². The van der Waals surface area contributed by atoms with E-state index in [0.717, 1.165) is 18.9 Å². The number of aromatic nitrogens is 1. The van der Waals surface area contributed by atoms with Crippen LogP contribution in [0.25, 0.3) is 0 Å². The van der Waals surface area contributed by atoms with Crippen molar-refractivity contribution in [2.75, 3.05) is 0 Å². The van der Waals surface area contributed by atoms with Crippen molar-refractivity contribution in [2.24, 2.45) is 0 Å². The molecule has 2 nitrogen and oxygen atoms in total. The van der Waals surface area contributed by atoms with Gasteiger partial charge in [-0.15, -0.1) is 0 Å². The Morgan fingerprint density at radius 3 is 2.50 bits per heavy atom. The first-order chi connectivity index (χ1) is 7.43. The second-order valence-electron chi connectivity index (χ2n) is 3.73. The van der Waals surface area contributed by atoms with E-state index in [2.05, 4.69) is 4.98 Å². The van der Waals surface area contributed by atoms with Gasteiger partial charge in [0.1, 0.15) is 16.4 Å². The molecule has 84 valence electrons. The van der Waals surface area contributed by atoms with Crippen LogP contribution in [-0.2, 0) is 6.18 Å². The van der Waals surface area contributed by atoms with E-state index in [1.807, 2.05) is 6.07 Å². The molecule has 0 aromatic carbocycles. The van der Waals surface area contributed by atoms with Crippen molar-refractivity contribution in [1.29, 1.82) is 5.26 Å². The molecular formula is C10H7F3N2S. The van der Waals surface area contributed by atoms with Crippen molar-refractivity contribution in [3.05, 3.63) is 27.5 Å². The van der Waals surface area contributed by atoms with Crippen molar-refractivity contribution in [3.63, 3.8) is 0 Å². The van der Waals surface area contributed by atoms with Gasteiger partial charge in [0, 0.05) is 0 Å². The predicted octanol–water partition coefficient (Wildman–Crippen LogP) is 3.51. The SMILES string of the molecule is N#Cc1c(C2CC2)cc(C(F)(F)F)[nH]c1=S. The number of nitrogens with one attached hydrogen (secondary N) is 1. The first kappa shape index (κ1) is 11.1. The van der Waals surface area contributed by atoms with Gasteiger partial charge in [0.2, 0.25) is 0 Å². The predicted molar refractivity (Wildman–Crippen MR) is 53.3 cm³/mol. The van der Waals surface area contributed by atoms with Crippen LogP contribution in [0.2, 0.25) is 0 Å². The normalized spacial score (nSPS) is 15.9. The van der Waals surface area contributed by atoms with Crippen LogP contribution in [0.4, 0.5) is 13.2 Å². The van der Waals surface area contributed by atoms with Gasteiger partial charge in [0.25, 0.3) is 0 Å². The summed E-state index contributed by atoms with van der Waals surface area (Å²) in [5, 5.41) is 8.85. The first-order valence-electron chi connectivity index (χ1n) is 4.68. The molecule has 0 bridgehead atoms. The summed E-state index contributed by atoms with van der Waals surface area (Å²) >= 11 is 4.76. The molecule has 1 aromatic rings. The number of pyridine rings is 1. The number of nitriles is 1. The zero-order valence-corrected chi connectivity index (χ0v) is 8.87. The lowest BCUT2D eigenvalue weighted by atomic mass is 10.1. The molecule has 2 rings (SSSR count). The Morgan fingerprint density at radius 1 is 1.44 bits per heavy atom. The highest BCUT2D eigenvalue weighted by atomic mass is 32.1. The zero-order chi connectivity index (χ0) is 11.9. The van der Waals surface area contributed by atoms with Crippen molar-refractivity contribution in [3.8, 4) is 6.07 Å². The summed E-state index contributed by atoms with van der Waals surface area (Å²) in [4.78, 5) is 2.06. The van der Waals surface area contributed by atoms with E-state index in [0.29, 0.717) is 5.56 Å². The number of hydrogen-bond acceptors (Lipinski definition) is 2. The van der Waals surface area contributed by atoms with Crippen LogP contribution in [0.15, 0.2) is 6.07 Å². The number of rotatable bonds is 1. The fourth-order valence-corrected chi connectivity index (χ4v) is 1.84. The van der Waals surface area contributed by atoms with E-state index < -0.39 is 11.9 Å². The lowest BCUT2D eigenvalue weighted by molar-refractivity contribution is -0.141. The molecule has 6 heteroatoms. The molecular weight excluding hydrogens is 237 g/mol. The molecule has 1 heterocycles. The minimum absolute atomic E-state index is 0.0621. The molecule has 1 N–H and O–H groups in total. The molecule has 0 aliphatic heterocycles. The van der Waals surface area contributed by atoms with Crippen molar-refractivity contribution >= 4 is 12.2 Å². The number of H-pyrrole nitrogens is 1. The van der Waals surface area contributed by atoms with Gasteiger partial charge < -0.3 is 4.98 Å². The Kier molecular flexibility index (Phi) is 2.50. The van der Waals surface area contributed by atoms with Crippen LogP contribution in [-0.4, -0.2) is 4.98 Å². The highest BCUT2D eigenvalue weighted by Gasteiger charge is 2.35. The van der Waals surface area contributed by atoms with Gasteiger partial charge in [-0.2, -0.15) is 18.4 Å². The Balaban J connectivity index is 2.62. The Labute approximate surface area is 94.7 Å². The third-order valence-corrected chi connectivity index (χ3v) is 2.80. The minimum Gasteiger partial charge on any atom is -0.341 e. The fourth-order valence-electron chi connectivity index (χ4n) is 1.56. The molecule has 0 atom stereocenters. The summed E-state index contributed by atoms with van der Waals surface area (Å²) in [5.41, 5.74) is -0.275. The van der Waals surface area contributed by atoms with E-state index in [4.69, 9.17) is 17.5 Å². The molecule has 1 aliphatic rings. The first-order valence-corrected chi connectivity index (χ1v) is 5.09. The fraction of sp³-hybridized carbons (Fsp3) is 0.400. The number of halogens is 3. The third-order valence-electron chi connectivity index (χ3n) is 2.50. The molecule has 1 aromatic heterocycles. The van der Waals surface area contributed by atoms with Crippen LogP contribution >= 0.6 is 12.2 Å². The van der Waals surface area contributed by atoms with Crippen molar-refractivity contribution in [1.82, 2.24) is 4.98 Å². The van der Waals surface area contributed by atoms with Gasteiger partial charge in [-0.05, 0) is 30.4 Å². The molecule has 0 radical (unpaired) electrons. The number of aromatic amines is 1. The molecule has 1 fully saturated rings. The van der Waals surface area contributed by atoms with Crippen molar-refractivity contribution in [2.45, 2.75) is 24.9 Å². The summed E-state index contributed by atoms with van der Waals surface area (Å²) in [6.07, 6.45) is -2.80.